The normalized spacial score (nSPS) is 36.8. The summed E-state index contributed by atoms with van der Waals surface area (Å²) in [5.41, 5.74) is -4.55. The molecule has 0 radical (unpaired) electrons. The first kappa shape index (κ1) is 24.0. The zero-order valence-electron chi connectivity index (χ0n) is 19.5. The molecule has 0 amide bonds. The molecule has 10 nitrogen and oxygen atoms in total. The van der Waals surface area contributed by atoms with Crippen molar-refractivity contribution in [3.05, 3.63) is 35.8 Å². The topological polar surface area (TPSA) is 139 Å². The molecule has 0 unspecified atom stereocenters. The van der Waals surface area contributed by atoms with Crippen molar-refractivity contribution >= 4 is 23.9 Å². The molecule has 3 aliphatic rings. The molecule has 1 saturated carbocycles. The summed E-state index contributed by atoms with van der Waals surface area (Å²) in [4.78, 5) is 52.1. The molecule has 1 spiro atoms. The minimum atomic E-state index is -2.60. The van der Waals surface area contributed by atoms with Gasteiger partial charge in [-0.05, 0) is 38.2 Å². The van der Waals surface area contributed by atoms with Gasteiger partial charge in [-0.3, -0.25) is 14.4 Å². The quantitative estimate of drug-likeness (QED) is 0.390. The van der Waals surface area contributed by atoms with Crippen LogP contribution in [0.5, 0.6) is 0 Å². The van der Waals surface area contributed by atoms with E-state index in [0.717, 1.165) is 21.1 Å². The SMILES string of the molecule is COC(=O)[C@@]12CC=C(C)[C@@]3(C[C@@H](c4ccoc4)OC3=O)[C@H]1CC[C@H](OC(C)=O)[C@@]2(O)C(=O)OC. The second-order valence-corrected chi connectivity index (χ2v) is 9.17. The van der Waals surface area contributed by atoms with E-state index in [0.29, 0.717) is 11.1 Å². The molecule has 1 aromatic heterocycles. The van der Waals surface area contributed by atoms with Crippen LogP contribution in [-0.4, -0.2) is 54.9 Å². The highest BCUT2D eigenvalue weighted by Crippen LogP contribution is 2.67. The Labute approximate surface area is 196 Å². The lowest BCUT2D eigenvalue weighted by molar-refractivity contribution is -0.247. The van der Waals surface area contributed by atoms with Crippen molar-refractivity contribution in [1.29, 1.82) is 0 Å². The summed E-state index contributed by atoms with van der Waals surface area (Å²) in [7, 11) is 2.21. The predicted molar refractivity (Wildman–Crippen MR) is 113 cm³/mol. The van der Waals surface area contributed by atoms with E-state index in [2.05, 4.69) is 0 Å². The van der Waals surface area contributed by atoms with Crippen LogP contribution in [0.25, 0.3) is 0 Å². The van der Waals surface area contributed by atoms with Gasteiger partial charge in [-0.15, -0.1) is 0 Å². The average molecular weight is 476 g/mol. The Morgan fingerprint density at radius 1 is 1.15 bits per heavy atom. The van der Waals surface area contributed by atoms with Crippen LogP contribution >= 0.6 is 0 Å². The monoisotopic (exact) mass is 476 g/mol. The van der Waals surface area contributed by atoms with Crippen molar-refractivity contribution in [2.75, 3.05) is 14.2 Å². The number of carbonyl (C=O) groups excluding carboxylic acids is 4. The number of esters is 4. The largest absolute Gasteiger partial charge is 0.472 e. The highest BCUT2D eigenvalue weighted by Gasteiger charge is 2.78. The van der Waals surface area contributed by atoms with E-state index < -0.39 is 58.4 Å². The molecule has 2 heterocycles. The Balaban J connectivity index is 1.93. The number of ether oxygens (including phenoxy) is 4. The van der Waals surface area contributed by atoms with Gasteiger partial charge >= 0.3 is 23.9 Å². The Hall–Kier alpha value is -3.14. The number of hydrogen-bond acceptors (Lipinski definition) is 10. The number of furan rings is 1. The molecule has 184 valence electrons. The number of carbonyl (C=O) groups is 4. The van der Waals surface area contributed by atoms with Crippen LogP contribution in [0.4, 0.5) is 0 Å². The van der Waals surface area contributed by atoms with Gasteiger partial charge in [0, 0.05) is 18.9 Å². The lowest BCUT2D eigenvalue weighted by Crippen LogP contribution is -2.73. The molecular weight excluding hydrogens is 448 g/mol. The van der Waals surface area contributed by atoms with Crippen molar-refractivity contribution < 1.29 is 47.6 Å². The van der Waals surface area contributed by atoms with Crippen LogP contribution in [-0.2, 0) is 38.1 Å². The highest BCUT2D eigenvalue weighted by atomic mass is 16.6. The van der Waals surface area contributed by atoms with E-state index in [9.17, 15) is 24.3 Å². The lowest BCUT2D eigenvalue weighted by Gasteiger charge is -2.58. The molecule has 1 N–H and O–H groups in total. The number of rotatable bonds is 4. The van der Waals surface area contributed by atoms with E-state index in [-0.39, 0.29) is 25.7 Å². The Kier molecular flexibility index (Phi) is 5.83. The third-order valence-corrected chi connectivity index (χ3v) is 7.88. The molecule has 1 aromatic rings. The molecular formula is C24H28O10. The number of hydrogen-bond donors (Lipinski definition) is 1. The maximum atomic E-state index is 13.6. The standard InChI is InChI=1S/C24H28O10/c1-13-7-9-23(20(27)30-3)17(5-6-18(33-14(2)25)24(23,29)21(28)31-4)22(13)11-16(34-19(22)26)15-8-10-32-12-15/h7-8,10,12,16-18,29H,5-6,9,11H2,1-4H3/t16-,17+,18-,22-,23+,24+/m0/s1. The van der Waals surface area contributed by atoms with Gasteiger partial charge in [-0.25, -0.2) is 4.79 Å². The summed E-state index contributed by atoms with van der Waals surface area (Å²) < 4.78 is 26.3. The maximum Gasteiger partial charge on any atom is 0.343 e. The van der Waals surface area contributed by atoms with Crippen molar-refractivity contribution in [3.8, 4) is 0 Å². The summed E-state index contributed by atoms with van der Waals surface area (Å²) in [6.07, 6.45) is 2.84. The Morgan fingerprint density at radius 2 is 1.85 bits per heavy atom. The van der Waals surface area contributed by atoms with Crippen LogP contribution in [0, 0.1) is 16.7 Å². The van der Waals surface area contributed by atoms with Crippen LogP contribution in [0.1, 0.15) is 51.2 Å². The molecule has 0 bridgehead atoms. The van der Waals surface area contributed by atoms with Gasteiger partial charge in [0.1, 0.15) is 17.6 Å². The molecule has 2 fully saturated rings. The average Bonchev–Trinajstić information content (AvgIpc) is 3.46. The smallest absolute Gasteiger partial charge is 0.343 e. The van der Waals surface area contributed by atoms with E-state index in [1.54, 1.807) is 19.1 Å². The van der Waals surface area contributed by atoms with Crippen molar-refractivity contribution in [3.63, 3.8) is 0 Å². The van der Waals surface area contributed by atoms with Gasteiger partial charge in [0.25, 0.3) is 0 Å². The number of cyclic esters (lactones) is 1. The van der Waals surface area contributed by atoms with Crippen LogP contribution in [0.15, 0.2) is 34.7 Å². The van der Waals surface area contributed by atoms with E-state index in [4.69, 9.17) is 23.4 Å². The number of methoxy groups -OCH3 is 2. The number of fused-ring (bicyclic) bond motifs is 2. The molecule has 6 atom stereocenters. The third kappa shape index (κ3) is 2.97. The van der Waals surface area contributed by atoms with Crippen LogP contribution in [0.3, 0.4) is 0 Å². The van der Waals surface area contributed by atoms with E-state index in [1.165, 1.54) is 12.5 Å². The van der Waals surface area contributed by atoms with Gasteiger partial charge in [-0.1, -0.05) is 11.6 Å². The summed E-state index contributed by atoms with van der Waals surface area (Å²) in [5, 5.41) is 12.0. The summed E-state index contributed by atoms with van der Waals surface area (Å²) in [5.74, 6) is -4.23. The molecule has 34 heavy (non-hydrogen) atoms. The fourth-order valence-corrected chi connectivity index (χ4v) is 6.34. The van der Waals surface area contributed by atoms with Crippen LogP contribution in [0.2, 0.25) is 0 Å². The van der Waals surface area contributed by atoms with Gasteiger partial charge < -0.3 is 28.5 Å². The molecule has 0 aromatic carbocycles. The first-order valence-corrected chi connectivity index (χ1v) is 11.1. The predicted octanol–water partition coefficient (Wildman–Crippen LogP) is 2.01. The zero-order chi connectivity index (χ0) is 24.9. The maximum absolute atomic E-state index is 13.6. The fourth-order valence-electron chi connectivity index (χ4n) is 6.34. The van der Waals surface area contributed by atoms with Gasteiger partial charge in [0.15, 0.2) is 0 Å². The summed E-state index contributed by atoms with van der Waals surface area (Å²) in [6.45, 7) is 2.92. The molecule has 1 aliphatic heterocycles. The first-order valence-electron chi connectivity index (χ1n) is 11.1. The van der Waals surface area contributed by atoms with Crippen molar-refractivity contribution in [1.82, 2.24) is 0 Å². The molecule has 1 saturated heterocycles. The van der Waals surface area contributed by atoms with Crippen molar-refractivity contribution in [2.45, 2.75) is 57.3 Å². The summed E-state index contributed by atoms with van der Waals surface area (Å²) >= 11 is 0. The lowest BCUT2D eigenvalue weighted by atomic mass is 9.44. The molecule has 10 heteroatoms. The minimum absolute atomic E-state index is 0.0211. The van der Waals surface area contributed by atoms with E-state index >= 15 is 0 Å². The van der Waals surface area contributed by atoms with Gasteiger partial charge in [0.05, 0.1) is 32.2 Å². The van der Waals surface area contributed by atoms with Gasteiger partial charge in [-0.2, -0.15) is 0 Å². The molecule has 4 rings (SSSR count). The second-order valence-electron chi connectivity index (χ2n) is 9.17. The first-order chi connectivity index (χ1) is 16.1. The van der Waals surface area contributed by atoms with Crippen LogP contribution < -0.4 is 0 Å². The highest BCUT2D eigenvalue weighted by molar-refractivity contribution is 5.95. The van der Waals surface area contributed by atoms with Crippen molar-refractivity contribution in [2.24, 2.45) is 16.7 Å². The Bertz CT molecular complexity index is 1040. The minimum Gasteiger partial charge on any atom is -0.472 e. The van der Waals surface area contributed by atoms with E-state index in [1.807, 2.05) is 0 Å². The zero-order valence-corrected chi connectivity index (χ0v) is 19.5. The number of allylic oxidation sites excluding steroid dienone is 1. The Morgan fingerprint density at radius 3 is 2.44 bits per heavy atom. The number of aliphatic hydroxyl groups is 1. The second kappa shape index (κ2) is 8.26. The summed E-state index contributed by atoms with van der Waals surface area (Å²) in [6, 6.07) is 1.69. The van der Waals surface area contributed by atoms with Gasteiger partial charge in [0.2, 0.25) is 5.60 Å². The fraction of sp³-hybridized carbons (Fsp3) is 0.583. The molecule has 2 aliphatic carbocycles. The third-order valence-electron chi connectivity index (χ3n) is 7.88.